The van der Waals surface area contributed by atoms with Gasteiger partial charge < -0.3 is 15.5 Å². The number of aromatic nitrogens is 1. The first-order valence-corrected chi connectivity index (χ1v) is 6.17. The van der Waals surface area contributed by atoms with Crippen LogP contribution in [-0.4, -0.2) is 30.6 Å². The molecule has 0 aliphatic carbocycles. The SMILES string of the molecule is CCCCOCCNC(=O)c1ccnc(NN)c1F. The van der Waals surface area contributed by atoms with Gasteiger partial charge in [-0.05, 0) is 12.5 Å². The number of rotatable bonds is 8. The van der Waals surface area contributed by atoms with Crippen LogP contribution in [0.3, 0.4) is 0 Å². The zero-order valence-electron chi connectivity index (χ0n) is 10.9. The minimum Gasteiger partial charge on any atom is -0.380 e. The first-order valence-electron chi connectivity index (χ1n) is 6.17. The second kappa shape index (κ2) is 8.39. The summed E-state index contributed by atoms with van der Waals surface area (Å²) in [5, 5.41) is 2.57. The summed E-state index contributed by atoms with van der Waals surface area (Å²) in [7, 11) is 0. The average molecular weight is 270 g/mol. The topological polar surface area (TPSA) is 89.3 Å². The molecule has 1 heterocycles. The fourth-order valence-corrected chi connectivity index (χ4v) is 1.40. The summed E-state index contributed by atoms with van der Waals surface area (Å²) in [4.78, 5) is 15.4. The van der Waals surface area contributed by atoms with Gasteiger partial charge in [-0.15, -0.1) is 0 Å². The molecule has 106 valence electrons. The summed E-state index contributed by atoms with van der Waals surface area (Å²) in [6, 6.07) is 1.30. The van der Waals surface area contributed by atoms with Crippen LogP contribution in [0.5, 0.6) is 0 Å². The molecule has 0 aliphatic heterocycles. The number of nitrogens with one attached hydrogen (secondary N) is 2. The molecule has 0 unspecified atom stereocenters. The Labute approximate surface area is 111 Å². The predicted molar refractivity (Wildman–Crippen MR) is 70.1 cm³/mol. The lowest BCUT2D eigenvalue weighted by molar-refractivity contribution is 0.0909. The van der Waals surface area contributed by atoms with Crippen LogP contribution >= 0.6 is 0 Å². The minimum atomic E-state index is -0.769. The predicted octanol–water partition coefficient (Wildman–Crippen LogP) is 1.05. The van der Waals surface area contributed by atoms with Crippen LogP contribution in [0.25, 0.3) is 0 Å². The molecule has 0 aromatic carbocycles. The third-order valence-electron chi connectivity index (χ3n) is 2.44. The molecule has 1 aromatic heterocycles. The summed E-state index contributed by atoms with van der Waals surface area (Å²) >= 11 is 0. The van der Waals surface area contributed by atoms with Gasteiger partial charge in [-0.2, -0.15) is 0 Å². The highest BCUT2D eigenvalue weighted by atomic mass is 19.1. The van der Waals surface area contributed by atoms with Gasteiger partial charge >= 0.3 is 0 Å². The lowest BCUT2D eigenvalue weighted by Crippen LogP contribution is -2.28. The Morgan fingerprint density at radius 2 is 2.32 bits per heavy atom. The maximum atomic E-state index is 13.7. The molecule has 0 saturated heterocycles. The Balaban J connectivity index is 2.41. The number of nitrogens with zero attached hydrogens (tertiary/aromatic N) is 1. The molecule has 0 fully saturated rings. The molecule has 0 radical (unpaired) electrons. The number of unbranched alkanes of at least 4 members (excludes halogenated alkanes) is 1. The van der Waals surface area contributed by atoms with Crippen LogP contribution in [0, 0.1) is 5.82 Å². The highest BCUT2D eigenvalue weighted by Gasteiger charge is 2.14. The van der Waals surface area contributed by atoms with E-state index in [9.17, 15) is 9.18 Å². The van der Waals surface area contributed by atoms with Gasteiger partial charge in [0.15, 0.2) is 11.6 Å². The maximum absolute atomic E-state index is 13.7. The Kier molecular flexibility index (Phi) is 6.76. The Morgan fingerprint density at radius 1 is 1.53 bits per heavy atom. The van der Waals surface area contributed by atoms with Crippen LogP contribution < -0.4 is 16.6 Å². The van der Waals surface area contributed by atoms with E-state index in [1.165, 1.54) is 12.3 Å². The highest BCUT2D eigenvalue weighted by Crippen LogP contribution is 2.13. The first-order chi connectivity index (χ1) is 9.20. The van der Waals surface area contributed by atoms with Gasteiger partial charge in [-0.1, -0.05) is 13.3 Å². The number of pyridine rings is 1. The summed E-state index contributed by atoms with van der Waals surface area (Å²) < 4.78 is 19.0. The Bertz CT molecular complexity index is 415. The normalized spacial score (nSPS) is 10.3. The number of ether oxygens (including phenoxy) is 1. The van der Waals surface area contributed by atoms with Gasteiger partial charge in [0, 0.05) is 19.3 Å². The highest BCUT2D eigenvalue weighted by molar-refractivity contribution is 5.95. The van der Waals surface area contributed by atoms with E-state index in [1.54, 1.807) is 0 Å². The van der Waals surface area contributed by atoms with Gasteiger partial charge in [-0.25, -0.2) is 15.2 Å². The van der Waals surface area contributed by atoms with Crippen molar-refractivity contribution in [1.29, 1.82) is 0 Å². The van der Waals surface area contributed by atoms with E-state index in [0.717, 1.165) is 12.8 Å². The lowest BCUT2D eigenvalue weighted by atomic mass is 10.2. The molecule has 1 aromatic rings. The number of hydrogen-bond donors (Lipinski definition) is 3. The number of nitrogens with two attached hydrogens (primary N) is 1. The monoisotopic (exact) mass is 270 g/mol. The molecule has 0 aliphatic rings. The molecule has 1 rings (SSSR count). The van der Waals surface area contributed by atoms with E-state index < -0.39 is 11.7 Å². The van der Waals surface area contributed by atoms with Crippen molar-refractivity contribution in [1.82, 2.24) is 10.3 Å². The van der Waals surface area contributed by atoms with E-state index in [0.29, 0.717) is 19.8 Å². The van der Waals surface area contributed by atoms with Crippen LogP contribution in [0.15, 0.2) is 12.3 Å². The molecule has 6 nitrogen and oxygen atoms in total. The largest absolute Gasteiger partial charge is 0.380 e. The number of nitrogen functional groups attached to an aromatic ring is 1. The number of amides is 1. The van der Waals surface area contributed by atoms with Crippen molar-refractivity contribution in [3.8, 4) is 0 Å². The Hall–Kier alpha value is -1.73. The van der Waals surface area contributed by atoms with Crippen molar-refractivity contribution in [3.05, 3.63) is 23.6 Å². The van der Waals surface area contributed by atoms with E-state index in [4.69, 9.17) is 10.6 Å². The number of hydrogen-bond acceptors (Lipinski definition) is 5. The molecule has 0 saturated carbocycles. The van der Waals surface area contributed by atoms with E-state index in [-0.39, 0.29) is 11.4 Å². The summed E-state index contributed by atoms with van der Waals surface area (Å²) in [5.41, 5.74) is 1.99. The summed E-state index contributed by atoms with van der Waals surface area (Å²) in [5.74, 6) is 3.64. The van der Waals surface area contributed by atoms with Crippen LogP contribution in [-0.2, 0) is 4.74 Å². The third-order valence-corrected chi connectivity index (χ3v) is 2.44. The van der Waals surface area contributed by atoms with Crippen molar-refractivity contribution in [3.63, 3.8) is 0 Å². The third kappa shape index (κ3) is 4.80. The zero-order chi connectivity index (χ0) is 14.1. The van der Waals surface area contributed by atoms with Gasteiger partial charge in [0.1, 0.15) is 0 Å². The zero-order valence-corrected chi connectivity index (χ0v) is 10.9. The van der Waals surface area contributed by atoms with Gasteiger partial charge in [-0.3, -0.25) is 4.79 Å². The number of carbonyl (C=O) groups is 1. The molecular weight excluding hydrogens is 251 g/mol. The summed E-state index contributed by atoms with van der Waals surface area (Å²) in [6.45, 7) is 3.47. The van der Waals surface area contributed by atoms with Crippen molar-refractivity contribution < 1.29 is 13.9 Å². The molecule has 1 amide bonds. The standard InChI is InChI=1S/C12H19FN4O2/c1-2-3-7-19-8-6-16-12(18)9-4-5-15-11(17-14)10(9)13/h4-5H,2-3,6-8,14H2,1H3,(H,15,17)(H,16,18). The van der Waals surface area contributed by atoms with Gasteiger partial charge in [0.05, 0.1) is 12.2 Å². The van der Waals surface area contributed by atoms with Crippen molar-refractivity contribution in [2.24, 2.45) is 5.84 Å². The van der Waals surface area contributed by atoms with Crippen LogP contribution in [0.2, 0.25) is 0 Å². The second-order valence-electron chi connectivity index (χ2n) is 3.89. The Morgan fingerprint density at radius 3 is 3.00 bits per heavy atom. The number of anilines is 1. The van der Waals surface area contributed by atoms with Crippen molar-refractivity contribution >= 4 is 11.7 Å². The molecule has 4 N–H and O–H groups in total. The fourth-order valence-electron chi connectivity index (χ4n) is 1.40. The van der Waals surface area contributed by atoms with Gasteiger partial charge in [0.2, 0.25) is 0 Å². The lowest BCUT2D eigenvalue weighted by Gasteiger charge is -2.08. The van der Waals surface area contributed by atoms with Crippen molar-refractivity contribution in [2.75, 3.05) is 25.2 Å². The van der Waals surface area contributed by atoms with E-state index >= 15 is 0 Å². The number of carbonyl (C=O) groups excluding carboxylic acids is 1. The van der Waals surface area contributed by atoms with Crippen LogP contribution in [0.1, 0.15) is 30.1 Å². The average Bonchev–Trinajstić information content (AvgIpc) is 2.42. The fraction of sp³-hybridized carbons (Fsp3) is 0.500. The molecule has 7 heteroatoms. The molecule has 0 atom stereocenters. The number of hydrazine groups is 1. The van der Waals surface area contributed by atoms with Gasteiger partial charge in [0.25, 0.3) is 5.91 Å². The minimum absolute atomic E-state index is 0.100. The summed E-state index contributed by atoms with van der Waals surface area (Å²) in [6.07, 6.45) is 3.35. The van der Waals surface area contributed by atoms with E-state index in [2.05, 4.69) is 22.7 Å². The number of halogens is 1. The molecule has 19 heavy (non-hydrogen) atoms. The van der Waals surface area contributed by atoms with Crippen LogP contribution in [0.4, 0.5) is 10.2 Å². The second-order valence-corrected chi connectivity index (χ2v) is 3.89. The molecular formula is C12H19FN4O2. The van der Waals surface area contributed by atoms with E-state index in [1.807, 2.05) is 0 Å². The maximum Gasteiger partial charge on any atom is 0.254 e. The molecule has 0 bridgehead atoms. The first kappa shape index (κ1) is 15.3. The smallest absolute Gasteiger partial charge is 0.254 e. The van der Waals surface area contributed by atoms with Crippen molar-refractivity contribution in [2.45, 2.75) is 19.8 Å². The quantitative estimate of drug-likeness (QED) is 0.373. The molecule has 0 spiro atoms.